The van der Waals surface area contributed by atoms with Crippen LogP contribution in [0, 0.1) is 6.92 Å². The molecule has 0 radical (unpaired) electrons. The van der Waals surface area contributed by atoms with Gasteiger partial charge in [0.2, 0.25) is 10.0 Å². The van der Waals surface area contributed by atoms with Gasteiger partial charge in [0, 0.05) is 19.1 Å². The molecule has 0 unspecified atom stereocenters. The number of nitrogens with zero attached hydrogens (tertiary/aromatic N) is 1. The molecule has 1 fully saturated rings. The Morgan fingerprint density at radius 1 is 1.26 bits per heavy atom. The molecule has 0 spiro atoms. The number of nitrogens with one attached hydrogen (secondary N) is 1. The second kappa shape index (κ2) is 7.18. The molecule has 1 aliphatic rings. The molecule has 128 valence electrons. The van der Waals surface area contributed by atoms with Crippen LogP contribution in [0.2, 0.25) is 0 Å². The van der Waals surface area contributed by atoms with Crippen LogP contribution in [0.4, 0.5) is 4.79 Å². The van der Waals surface area contributed by atoms with E-state index in [9.17, 15) is 13.2 Å². The molecule has 0 atom stereocenters. The Kier molecular flexibility index (Phi) is 5.48. The number of aryl methyl sites for hydroxylation is 1. The van der Waals surface area contributed by atoms with Gasteiger partial charge in [-0.05, 0) is 37.5 Å². The van der Waals surface area contributed by atoms with Gasteiger partial charge in [-0.15, -0.1) is 0 Å². The number of ether oxygens (including phenoxy) is 2. The Hall–Kier alpha value is -1.80. The van der Waals surface area contributed by atoms with E-state index < -0.39 is 10.0 Å². The zero-order valence-electron chi connectivity index (χ0n) is 13.5. The summed E-state index contributed by atoms with van der Waals surface area (Å²) < 4.78 is 37.7. The number of carbonyl (C=O) groups is 1. The first-order valence-corrected chi connectivity index (χ1v) is 8.85. The molecule has 2 rings (SSSR count). The molecule has 1 amide bonds. The minimum atomic E-state index is -3.68. The van der Waals surface area contributed by atoms with Crippen molar-refractivity contribution in [3.8, 4) is 5.75 Å². The maximum absolute atomic E-state index is 12.6. The minimum Gasteiger partial charge on any atom is -0.495 e. The zero-order chi connectivity index (χ0) is 17.0. The lowest BCUT2D eigenvalue weighted by atomic mass is 10.1. The molecule has 0 aliphatic carbocycles. The molecular formula is C15H22N2O5S. The fourth-order valence-corrected chi connectivity index (χ4v) is 4.14. The van der Waals surface area contributed by atoms with Crippen LogP contribution in [0.15, 0.2) is 23.1 Å². The number of piperidine rings is 1. The average molecular weight is 342 g/mol. The highest BCUT2D eigenvalue weighted by Gasteiger charge is 2.28. The van der Waals surface area contributed by atoms with Gasteiger partial charge in [0.1, 0.15) is 10.6 Å². The second-order valence-electron chi connectivity index (χ2n) is 5.51. The van der Waals surface area contributed by atoms with Gasteiger partial charge in [0.05, 0.1) is 14.2 Å². The molecule has 1 aromatic rings. The normalized spacial score (nSPS) is 16.2. The fourth-order valence-electron chi connectivity index (χ4n) is 2.59. The molecule has 1 saturated heterocycles. The lowest BCUT2D eigenvalue weighted by Crippen LogP contribution is -2.46. The van der Waals surface area contributed by atoms with Crippen molar-refractivity contribution in [3.05, 3.63) is 23.8 Å². The van der Waals surface area contributed by atoms with Crippen LogP contribution in [0.3, 0.4) is 0 Å². The Labute approximate surface area is 136 Å². The predicted molar refractivity (Wildman–Crippen MR) is 85.1 cm³/mol. The van der Waals surface area contributed by atoms with Gasteiger partial charge < -0.3 is 14.4 Å². The molecule has 1 heterocycles. The van der Waals surface area contributed by atoms with Crippen molar-refractivity contribution in [2.45, 2.75) is 30.7 Å². The average Bonchev–Trinajstić information content (AvgIpc) is 2.54. The maximum Gasteiger partial charge on any atom is 0.409 e. The topological polar surface area (TPSA) is 84.9 Å². The quantitative estimate of drug-likeness (QED) is 0.896. The van der Waals surface area contributed by atoms with E-state index in [-0.39, 0.29) is 17.0 Å². The van der Waals surface area contributed by atoms with Crippen molar-refractivity contribution >= 4 is 16.1 Å². The number of likely N-dealkylation sites (tertiary alicyclic amines) is 1. The molecule has 8 heteroatoms. The van der Waals surface area contributed by atoms with Crippen molar-refractivity contribution in [2.24, 2.45) is 0 Å². The third-order valence-corrected chi connectivity index (χ3v) is 5.40. The van der Waals surface area contributed by atoms with E-state index in [4.69, 9.17) is 4.74 Å². The van der Waals surface area contributed by atoms with Crippen LogP contribution in [0.1, 0.15) is 18.4 Å². The number of sulfonamides is 1. The smallest absolute Gasteiger partial charge is 0.409 e. The number of amides is 1. The third kappa shape index (κ3) is 4.14. The molecule has 1 aliphatic heterocycles. The summed E-state index contributed by atoms with van der Waals surface area (Å²) >= 11 is 0. The van der Waals surface area contributed by atoms with Gasteiger partial charge in [-0.3, -0.25) is 0 Å². The van der Waals surface area contributed by atoms with Crippen LogP contribution < -0.4 is 9.46 Å². The van der Waals surface area contributed by atoms with E-state index in [2.05, 4.69) is 9.46 Å². The van der Waals surface area contributed by atoms with Crippen molar-refractivity contribution in [2.75, 3.05) is 27.3 Å². The van der Waals surface area contributed by atoms with E-state index in [1.54, 1.807) is 23.1 Å². The summed E-state index contributed by atoms with van der Waals surface area (Å²) in [5.41, 5.74) is 0.840. The first kappa shape index (κ1) is 17.6. The molecule has 0 aromatic heterocycles. The summed E-state index contributed by atoms with van der Waals surface area (Å²) in [5, 5.41) is 0. The van der Waals surface area contributed by atoms with Gasteiger partial charge in [-0.25, -0.2) is 17.9 Å². The summed E-state index contributed by atoms with van der Waals surface area (Å²) in [5.74, 6) is 0.315. The molecule has 7 nitrogen and oxygen atoms in total. The van der Waals surface area contributed by atoms with Gasteiger partial charge in [0.15, 0.2) is 0 Å². The van der Waals surface area contributed by atoms with E-state index in [1.165, 1.54) is 14.2 Å². The minimum absolute atomic E-state index is 0.135. The summed E-state index contributed by atoms with van der Waals surface area (Å²) in [4.78, 5) is 13.2. The van der Waals surface area contributed by atoms with Crippen LogP contribution in [-0.4, -0.2) is 52.8 Å². The molecule has 1 aromatic carbocycles. The molecule has 0 saturated carbocycles. The molecule has 1 N–H and O–H groups in total. The zero-order valence-corrected chi connectivity index (χ0v) is 14.4. The van der Waals surface area contributed by atoms with Crippen molar-refractivity contribution in [1.82, 2.24) is 9.62 Å². The Bertz CT molecular complexity index is 666. The number of carbonyl (C=O) groups excluding carboxylic acids is 1. The van der Waals surface area contributed by atoms with Crippen molar-refractivity contribution in [1.29, 1.82) is 0 Å². The van der Waals surface area contributed by atoms with Crippen LogP contribution >= 0.6 is 0 Å². The Morgan fingerprint density at radius 2 is 1.91 bits per heavy atom. The van der Waals surface area contributed by atoms with E-state index in [0.717, 1.165) is 5.56 Å². The van der Waals surface area contributed by atoms with Crippen LogP contribution in [0.25, 0.3) is 0 Å². The molecular weight excluding hydrogens is 320 g/mol. The van der Waals surface area contributed by atoms with E-state index in [0.29, 0.717) is 31.7 Å². The number of rotatable bonds is 4. The monoisotopic (exact) mass is 342 g/mol. The van der Waals surface area contributed by atoms with E-state index in [1.807, 2.05) is 6.92 Å². The van der Waals surface area contributed by atoms with Gasteiger partial charge >= 0.3 is 6.09 Å². The predicted octanol–water partition coefficient (Wildman–Crippen LogP) is 1.51. The van der Waals surface area contributed by atoms with Crippen LogP contribution in [0.5, 0.6) is 5.75 Å². The lowest BCUT2D eigenvalue weighted by Gasteiger charge is -2.31. The number of methoxy groups -OCH3 is 2. The van der Waals surface area contributed by atoms with E-state index >= 15 is 0 Å². The van der Waals surface area contributed by atoms with Crippen molar-refractivity contribution < 1.29 is 22.7 Å². The lowest BCUT2D eigenvalue weighted by molar-refractivity contribution is 0.111. The number of benzene rings is 1. The third-order valence-electron chi connectivity index (χ3n) is 3.86. The van der Waals surface area contributed by atoms with Gasteiger partial charge in [-0.1, -0.05) is 6.07 Å². The first-order valence-electron chi connectivity index (χ1n) is 7.37. The maximum atomic E-state index is 12.6. The summed E-state index contributed by atoms with van der Waals surface area (Å²) in [6.07, 6.45) is 0.705. The first-order chi connectivity index (χ1) is 10.9. The standard InChI is InChI=1S/C15H22N2O5S/c1-11-4-5-13(21-2)14(10-11)23(19,20)16-12-6-8-17(9-7-12)15(18)22-3/h4-5,10,12,16H,6-9H2,1-3H3. The second-order valence-corrected chi connectivity index (χ2v) is 7.19. The van der Waals surface area contributed by atoms with Gasteiger partial charge in [0.25, 0.3) is 0 Å². The fraction of sp³-hybridized carbons (Fsp3) is 0.533. The summed E-state index contributed by atoms with van der Waals surface area (Å²) in [6.45, 7) is 2.75. The van der Waals surface area contributed by atoms with Crippen molar-refractivity contribution in [3.63, 3.8) is 0 Å². The summed E-state index contributed by atoms with van der Waals surface area (Å²) in [6, 6.07) is 4.81. The highest BCUT2D eigenvalue weighted by atomic mass is 32.2. The number of hydrogen-bond acceptors (Lipinski definition) is 5. The largest absolute Gasteiger partial charge is 0.495 e. The SMILES string of the molecule is COC(=O)N1CCC(NS(=O)(=O)c2cc(C)ccc2OC)CC1. The van der Waals surface area contributed by atoms with Crippen LogP contribution in [-0.2, 0) is 14.8 Å². The number of hydrogen-bond donors (Lipinski definition) is 1. The molecule has 23 heavy (non-hydrogen) atoms. The Morgan fingerprint density at radius 3 is 2.48 bits per heavy atom. The summed E-state index contributed by atoms with van der Waals surface area (Å²) in [7, 11) is -0.901. The highest BCUT2D eigenvalue weighted by Crippen LogP contribution is 2.25. The van der Waals surface area contributed by atoms with Gasteiger partial charge in [-0.2, -0.15) is 0 Å². The molecule has 0 bridgehead atoms. The Balaban J connectivity index is 2.08. The highest BCUT2D eigenvalue weighted by molar-refractivity contribution is 7.89.